The summed E-state index contributed by atoms with van der Waals surface area (Å²) in [6, 6.07) is 12.6. The van der Waals surface area contributed by atoms with E-state index in [2.05, 4.69) is 42.1 Å². The summed E-state index contributed by atoms with van der Waals surface area (Å²) in [6.45, 7) is 4.78. The molecule has 0 aliphatic carbocycles. The molecule has 3 aromatic rings. The van der Waals surface area contributed by atoms with Gasteiger partial charge in [0, 0.05) is 17.7 Å². The van der Waals surface area contributed by atoms with Crippen LogP contribution < -0.4 is 0 Å². The maximum atomic E-state index is 10.7. The third-order valence-electron chi connectivity index (χ3n) is 3.71. The summed E-state index contributed by atoms with van der Waals surface area (Å²) < 4.78 is 1.78. The topological polar surface area (TPSA) is 73.8 Å². The van der Waals surface area contributed by atoms with Crippen LogP contribution in [0.25, 0.3) is 11.4 Å². The zero-order valence-electron chi connectivity index (χ0n) is 12.9. The fourth-order valence-electron chi connectivity index (χ4n) is 2.38. The molecule has 6 heteroatoms. The van der Waals surface area contributed by atoms with Gasteiger partial charge in [0.15, 0.2) is 5.82 Å². The third-order valence-corrected chi connectivity index (χ3v) is 3.71. The van der Waals surface area contributed by atoms with Gasteiger partial charge in [-0.1, -0.05) is 23.8 Å². The van der Waals surface area contributed by atoms with Crippen molar-refractivity contribution in [2.75, 3.05) is 0 Å². The highest BCUT2D eigenvalue weighted by atomic mass is 16.6. The molecule has 2 aromatic carbocycles. The SMILES string of the molecule is Cc1ccc(C)c(Cn2cnc(-c3ccc([N+](=O)[O-])cc3)n2)c1. The molecule has 116 valence electrons. The lowest BCUT2D eigenvalue weighted by molar-refractivity contribution is -0.384. The second kappa shape index (κ2) is 6.00. The van der Waals surface area contributed by atoms with Gasteiger partial charge in [-0.05, 0) is 37.1 Å². The Labute approximate surface area is 133 Å². The molecule has 1 heterocycles. The molecule has 0 atom stereocenters. The summed E-state index contributed by atoms with van der Waals surface area (Å²) in [7, 11) is 0. The fraction of sp³-hybridized carbons (Fsp3) is 0.176. The van der Waals surface area contributed by atoms with E-state index in [1.807, 2.05) is 0 Å². The molecular weight excluding hydrogens is 292 g/mol. The highest BCUT2D eigenvalue weighted by Crippen LogP contribution is 2.19. The van der Waals surface area contributed by atoms with E-state index in [9.17, 15) is 10.1 Å². The Morgan fingerprint density at radius 2 is 1.87 bits per heavy atom. The van der Waals surface area contributed by atoms with Crippen molar-refractivity contribution >= 4 is 5.69 Å². The Hall–Kier alpha value is -3.02. The van der Waals surface area contributed by atoms with Crippen LogP contribution in [-0.4, -0.2) is 19.7 Å². The van der Waals surface area contributed by atoms with Crippen molar-refractivity contribution in [3.05, 3.63) is 75.6 Å². The Balaban J connectivity index is 1.82. The van der Waals surface area contributed by atoms with Gasteiger partial charge in [0.1, 0.15) is 6.33 Å². The van der Waals surface area contributed by atoms with Crippen molar-refractivity contribution in [3.8, 4) is 11.4 Å². The van der Waals surface area contributed by atoms with Crippen LogP contribution in [0.3, 0.4) is 0 Å². The van der Waals surface area contributed by atoms with Gasteiger partial charge in [0.25, 0.3) is 5.69 Å². The van der Waals surface area contributed by atoms with Gasteiger partial charge < -0.3 is 0 Å². The van der Waals surface area contributed by atoms with Gasteiger partial charge >= 0.3 is 0 Å². The van der Waals surface area contributed by atoms with Gasteiger partial charge in [-0.15, -0.1) is 0 Å². The van der Waals surface area contributed by atoms with Gasteiger partial charge in [0.05, 0.1) is 11.5 Å². The monoisotopic (exact) mass is 308 g/mol. The first-order valence-corrected chi connectivity index (χ1v) is 7.23. The molecule has 0 saturated carbocycles. The molecule has 6 nitrogen and oxygen atoms in total. The van der Waals surface area contributed by atoms with Gasteiger partial charge in [0.2, 0.25) is 0 Å². The molecular formula is C17H16N4O2. The molecule has 0 aliphatic heterocycles. The Bertz CT molecular complexity index is 853. The second-order valence-corrected chi connectivity index (χ2v) is 5.50. The average molecular weight is 308 g/mol. The number of hydrogen-bond acceptors (Lipinski definition) is 4. The van der Waals surface area contributed by atoms with Crippen LogP contribution >= 0.6 is 0 Å². The van der Waals surface area contributed by atoms with E-state index >= 15 is 0 Å². The zero-order chi connectivity index (χ0) is 16.4. The molecule has 1 aromatic heterocycles. The van der Waals surface area contributed by atoms with Crippen LogP contribution in [0.1, 0.15) is 16.7 Å². The molecule has 23 heavy (non-hydrogen) atoms. The highest BCUT2D eigenvalue weighted by Gasteiger charge is 2.09. The van der Waals surface area contributed by atoms with E-state index < -0.39 is 4.92 Å². The van der Waals surface area contributed by atoms with Crippen molar-refractivity contribution in [1.82, 2.24) is 14.8 Å². The van der Waals surface area contributed by atoms with E-state index in [1.54, 1.807) is 23.1 Å². The van der Waals surface area contributed by atoms with Crippen LogP contribution in [0.4, 0.5) is 5.69 Å². The first-order valence-electron chi connectivity index (χ1n) is 7.23. The average Bonchev–Trinajstić information content (AvgIpc) is 2.99. The lowest BCUT2D eigenvalue weighted by atomic mass is 10.1. The Morgan fingerprint density at radius 1 is 1.13 bits per heavy atom. The summed E-state index contributed by atoms with van der Waals surface area (Å²) >= 11 is 0. The van der Waals surface area contributed by atoms with Gasteiger partial charge in [-0.25, -0.2) is 9.67 Å². The number of non-ortho nitro benzene ring substituents is 1. The number of rotatable bonds is 4. The number of nitro benzene ring substituents is 1. The zero-order valence-corrected chi connectivity index (χ0v) is 12.9. The van der Waals surface area contributed by atoms with Crippen molar-refractivity contribution in [3.63, 3.8) is 0 Å². The molecule has 0 N–H and O–H groups in total. The second-order valence-electron chi connectivity index (χ2n) is 5.50. The van der Waals surface area contributed by atoms with E-state index in [4.69, 9.17) is 0 Å². The summed E-state index contributed by atoms with van der Waals surface area (Å²) in [4.78, 5) is 14.6. The molecule has 0 fully saturated rings. The summed E-state index contributed by atoms with van der Waals surface area (Å²) in [5.74, 6) is 0.560. The van der Waals surface area contributed by atoms with Crippen molar-refractivity contribution in [2.45, 2.75) is 20.4 Å². The van der Waals surface area contributed by atoms with Crippen molar-refractivity contribution in [1.29, 1.82) is 0 Å². The van der Waals surface area contributed by atoms with E-state index in [0.29, 0.717) is 12.4 Å². The standard InChI is InChI=1S/C17H16N4O2/c1-12-3-4-13(2)15(9-12)10-20-11-18-17(19-20)14-5-7-16(8-6-14)21(22)23/h3-9,11H,10H2,1-2H3. The quantitative estimate of drug-likeness (QED) is 0.546. The fourth-order valence-corrected chi connectivity index (χ4v) is 2.38. The van der Waals surface area contributed by atoms with E-state index in [-0.39, 0.29) is 5.69 Å². The normalized spacial score (nSPS) is 10.7. The van der Waals surface area contributed by atoms with Gasteiger partial charge in [-0.2, -0.15) is 5.10 Å². The van der Waals surface area contributed by atoms with Gasteiger partial charge in [-0.3, -0.25) is 10.1 Å². The number of nitrogens with zero attached hydrogens (tertiary/aromatic N) is 4. The predicted molar refractivity (Wildman–Crippen MR) is 87.1 cm³/mol. The van der Waals surface area contributed by atoms with E-state index in [0.717, 1.165) is 5.56 Å². The molecule has 0 amide bonds. The molecule has 0 aliphatic rings. The lowest BCUT2D eigenvalue weighted by Gasteiger charge is -2.06. The lowest BCUT2D eigenvalue weighted by Crippen LogP contribution is -2.02. The first-order chi connectivity index (χ1) is 11.0. The smallest absolute Gasteiger partial charge is 0.258 e. The Kier molecular flexibility index (Phi) is 3.89. The number of benzene rings is 2. The number of aryl methyl sites for hydroxylation is 2. The summed E-state index contributed by atoms with van der Waals surface area (Å²) in [6.07, 6.45) is 1.68. The largest absolute Gasteiger partial charge is 0.269 e. The van der Waals surface area contributed by atoms with Crippen LogP contribution in [0, 0.1) is 24.0 Å². The minimum Gasteiger partial charge on any atom is -0.258 e. The number of nitro groups is 1. The Morgan fingerprint density at radius 3 is 2.57 bits per heavy atom. The molecule has 0 radical (unpaired) electrons. The maximum absolute atomic E-state index is 10.7. The number of aromatic nitrogens is 3. The van der Waals surface area contributed by atoms with E-state index in [1.165, 1.54) is 28.8 Å². The molecule has 0 bridgehead atoms. The highest BCUT2D eigenvalue weighted by molar-refractivity contribution is 5.56. The minimum absolute atomic E-state index is 0.0589. The molecule has 0 unspecified atom stereocenters. The van der Waals surface area contributed by atoms with Crippen LogP contribution in [-0.2, 0) is 6.54 Å². The third kappa shape index (κ3) is 3.26. The molecule has 0 spiro atoms. The van der Waals surface area contributed by atoms with Crippen LogP contribution in [0.15, 0.2) is 48.8 Å². The summed E-state index contributed by atoms with van der Waals surface area (Å²) in [5.41, 5.74) is 4.44. The first kappa shape index (κ1) is 14.9. The minimum atomic E-state index is -0.420. The summed E-state index contributed by atoms with van der Waals surface area (Å²) in [5, 5.41) is 15.1. The molecule has 3 rings (SSSR count). The van der Waals surface area contributed by atoms with Crippen LogP contribution in [0.2, 0.25) is 0 Å². The van der Waals surface area contributed by atoms with Crippen molar-refractivity contribution in [2.24, 2.45) is 0 Å². The maximum Gasteiger partial charge on any atom is 0.269 e. The molecule has 0 saturated heterocycles. The predicted octanol–water partition coefficient (Wildman–Crippen LogP) is 3.52. The number of hydrogen-bond donors (Lipinski definition) is 0. The van der Waals surface area contributed by atoms with Crippen molar-refractivity contribution < 1.29 is 4.92 Å². The van der Waals surface area contributed by atoms with Crippen LogP contribution in [0.5, 0.6) is 0 Å².